The number of aliphatic hydroxyl groups is 2. The Bertz CT molecular complexity index is 242. The molecule has 0 aliphatic rings. The molecule has 0 aromatic rings. The summed E-state index contributed by atoms with van der Waals surface area (Å²) in [6, 6.07) is 0. The zero-order valence-corrected chi connectivity index (χ0v) is 9.76. The molecule has 17 heavy (non-hydrogen) atoms. The summed E-state index contributed by atoms with van der Waals surface area (Å²) in [7, 11) is 0. The molecule has 0 aliphatic heterocycles. The first-order valence-electron chi connectivity index (χ1n) is 5.65. The third kappa shape index (κ3) is 5.65. The van der Waals surface area contributed by atoms with Crippen LogP contribution in [0.15, 0.2) is 0 Å². The van der Waals surface area contributed by atoms with Crippen LogP contribution in [0.25, 0.3) is 0 Å². The van der Waals surface area contributed by atoms with Crippen LogP contribution in [0.1, 0.15) is 38.5 Å². The van der Waals surface area contributed by atoms with Crippen molar-refractivity contribution in [2.45, 2.75) is 38.5 Å². The van der Waals surface area contributed by atoms with E-state index in [0.29, 0.717) is 12.8 Å². The highest BCUT2D eigenvalue weighted by Crippen LogP contribution is 2.35. The molecule has 0 rings (SSSR count). The molecule has 6 nitrogen and oxygen atoms in total. The lowest BCUT2D eigenvalue weighted by atomic mass is 9.75. The van der Waals surface area contributed by atoms with Crippen molar-refractivity contribution in [1.29, 1.82) is 0 Å². The van der Waals surface area contributed by atoms with E-state index in [1.165, 1.54) is 0 Å². The van der Waals surface area contributed by atoms with Gasteiger partial charge in [0.25, 0.3) is 0 Å². The van der Waals surface area contributed by atoms with Gasteiger partial charge < -0.3 is 20.4 Å². The van der Waals surface area contributed by atoms with Crippen molar-refractivity contribution < 1.29 is 30.0 Å². The fourth-order valence-electron chi connectivity index (χ4n) is 1.88. The van der Waals surface area contributed by atoms with E-state index in [1.807, 2.05) is 0 Å². The fraction of sp³-hybridized carbons (Fsp3) is 0.818. The number of carbonyl (C=O) groups is 2. The van der Waals surface area contributed by atoms with Crippen molar-refractivity contribution in [3.63, 3.8) is 0 Å². The first-order chi connectivity index (χ1) is 7.98. The van der Waals surface area contributed by atoms with Crippen LogP contribution >= 0.6 is 0 Å². The Morgan fingerprint density at radius 3 is 1.65 bits per heavy atom. The molecule has 0 saturated heterocycles. The van der Waals surface area contributed by atoms with E-state index in [0.717, 1.165) is 0 Å². The van der Waals surface area contributed by atoms with E-state index in [1.54, 1.807) is 0 Å². The van der Waals surface area contributed by atoms with Gasteiger partial charge in [0.15, 0.2) is 0 Å². The average Bonchev–Trinajstić information content (AvgIpc) is 2.28. The van der Waals surface area contributed by atoms with Gasteiger partial charge in [-0.05, 0) is 32.1 Å². The molecule has 0 heterocycles. The molecule has 0 aliphatic carbocycles. The van der Waals surface area contributed by atoms with E-state index in [-0.39, 0.29) is 38.9 Å². The number of aliphatic hydroxyl groups excluding tert-OH is 2. The highest BCUT2D eigenvalue weighted by atomic mass is 16.4. The van der Waals surface area contributed by atoms with E-state index in [9.17, 15) is 14.7 Å². The van der Waals surface area contributed by atoms with Crippen molar-refractivity contribution in [2.24, 2.45) is 5.41 Å². The summed E-state index contributed by atoms with van der Waals surface area (Å²) in [5.41, 5.74) is -1.15. The van der Waals surface area contributed by atoms with E-state index < -0.39 is 17.4 Å². The molecule has 0 unspecified atom stereocenters. The number of aliphatic carboxylic acids is 2. The maximum atomic E-state index is 11.3. The fourth-order valence-corrected chi connectivity index (χ4v) is 1.88. The van der Waals surface area contributed by atoms with Crippen LogP contribution in [-0.2, 0) is 9.59 Å². The molecular weight excluding hydrogens is 228 g/mol. The van der Waals surface area contributed by atoms with E-state index in [4.69, 9.17) is 15.3 Å². The van der Waals surface area contributed by atoms with Gasteiger partial charge in [0, 0.05) is 19.6 Å². The van der Waals surface area contributed by atoms with Gasteiger partial charge >= 0.3 is 11.9 Å². The third-order valence-corrected chi connectivity index (χ3v) is 2.90. The second-order valence-corrected chi connectivity index (χ2v) is 4.13. The second-order valence-electron chi connectivity index (χ2n) is 4.13. The van der Waals surface area contributed by atoms with Gasteiger partial charge in [-0.3, -0.25) is 9.59 Å². The Balaban J connectivity index is 4.68. The van der Waals surface area contributed by atoms with Crippen LogP contribution in [-0.4, -0.2) is 45.6 Å². The van der Waals surface area contributed by atoms with Crippen molar-refractivity contribution in [1.82, 2.24) is 0 Å². The maximum absolute atomic E-state index is 11.3. The van der Waals surface area contributed by atoms with Gasteiger partial charge in [-0.2, -0.15) is 0 Å². The average molecular weight is 248 g/mol. The predicted octanol–water partition coefficient (Wildman–Crippen LogP) is 0.467. The zero-order chi connectivity index (χ0) is 13.3. The molecule has 0 fully saturated rings. The Labute approximate surface area is 99.9 Å². The second kappa shape index (κ2) is 8.03. The van der Waals surface area contributed by atoms with Gasteiger partial charge in [-0.1, -0.05) is 0 Å². The number of carboxylic acids is 2. The molecule has 0 spiro atoms. The Morgan fingerprint density at radius 1 is 0.882 bits per heavy atom. The topological polar surface area (TPSA) is 115 Å². The minimum Gasteiger partial charge on any atom is -0.481 e. The smallest absolute Gasteiger partial charge is 0.309 e. The summed E-state index contributed by atoms with van der Waals surface area (Å²) in [4.78, 5) is 21.8. The summed E-state index contributed by atoms with van der Waals surface area (Å²) >= 11 is 0. The van der Waals surface area contributed by atoms with Crippen molar-refractivity contribution >= 4 is 11.9 Å². The molecule has 0 atom stereocenters. The lowest BCUT2D eigenvalue weighted by Gasteiger charge is -2.28. The van der Waals surface area contributed by atoms with Crippen molar-refractivity contribution in [3.05, 3.63) is 0 Å². The summed E-state index contributed by atoms with van der Waals surface area (Å²) in [6.45, 7) is -0.248. The van der Waals surface area contributed by atoms with E-state index in [2.05, 4.69) is 0 Å². The highest BCUT2D eigenvalue weighted by Gasteiger charge is 2.37. The Hall–Kier alpha value is -1.14. The molecule has 0 amide bonds. The summed E-state index contributed by atoms with van der Waals surface area (Å²) in [5, 5.41) is 35.4. The summed E-state index contributed by atoms with van der Waals surface area (Å²) < 4.78 is 0. The zero-order valence-electron chi connectivity index (χ0n) is 9.76. The first kappa shape index (κ1) is 15.9. The molecule has 0 aromatic carbocycles. The van der Waals surface area contributed by atoms with Crippen LogP contribution in [0.2, 0.25) is 0 Å². The molecule has 6 heteroatoms. The van der Waals surface area contributed by atoms with Crippen molar-refractivity contribution in [3.8, 4) is 0 Å². The molecule has 100 valence electrons. The molecular formula is C11H20O6. The largest absolute Gasteiger partial charge is 0.481 e. The first-order valence-corrected chi connectivity index (χ1v) is 5.65. The quantitative estimate of drug-likeness (QED) is 0.446. The minimum atomic E-state index is -1.15. The number of rotatable bonds is 10. The van der Waals surface area contributed by atoms with Gasteiger partial charge in [0.2, 0.25) is 0 Å². The van der Waals surface area contributed by atoms with Crippen LogP contribution < -0.4 is 0 Å². The highest BCUT2D eigenvalue weighted by molar-refractivity contribution is 5.76. The van der Waals surface area contributed by atoms with Gasteiger partial charge in [0.05, 0.1) is 5.41 Å². The maximum Gasteiger partial charge on any atom is 0.309 e. The summed E-state index contributed by atoms with van der Waals surface area (Å²) in [5.74, 6) is -2.09. The number of carboxylic acid groups (broad SMARTS) is 2. The van der Waals surface area contributed by atoms with Crippen LogP contribution in [0, 0.1) is 5.41 Å². The normalized spacial score (nSPS) is 11.4. The minimum absolute atomic E-state index is 0.0255. The lowest BCUT2D eigenvalue weighted by molar-refractivity contribution is -0.151. The molecule has 4 N–H and O–H groups in total. The Kier molecular flexibility index (Phi) is 7.49. The summed E-state index contributed by atoms with van der Waals surface area (Å²) in [6.07, 6.45) is 0.897. The molecule has 0 bridgehead atoms. The molecule has 0 aromatic heterocycles. The standard InChI is InChI=1S/C11H20O6/c12-7-1-4-11(10(16)17,5-2-8-13)6-3-9(14)15/h12-13H,1-8H2,(H,14,15)(H,16,17). The van der Waals surface area contributed by atoms with E-state index >= 15 is 0 Å². The number of hydrogen-bond acceptors (Lipinski definition) is 4. The lowest BCUT2D eigenvalue weighted by Crippen LogP contribution is -2.32. The van der Waals surface area contributed by atoms with Crippen LogP contribution in [0.5, 0.6) is 0 Å². The van der Waals surface area contributed by atoms with Crippen LogP contribution in [0.3, 0.4) is 0 Å². The third-order valence-electron chi connectivity index (χ3n) is 2.90. The number of hydrogen-bond donors (Lipinski definition) is 4. The van der Waals surface area contributed by atoms with Gasteiger partial charge in [-0.15, -0.1) is 0 Å². The van der Waals surface area contributed by atoms with Crippen LogP contribution in [0.4, 0.5) is 0 Å². The monoisotopic (exact) mass is 248 g/mol. The SMILES string of the molecule is O=C(O)CCC(CCCO)(CCCO)C(=O)O. The van der Waals surface area contributed by atoms with Crippen molar-refractivity contribution in [2.75, 3.05) is 13.2 Å². The van der Waals surface area contributed by atoms with Gasteiger partial charge in [0.1, 0.15) is 0 Å². The Morgan fingerprint density at radius 2 is 1.35 bits per heavy atom. The molecule has 0 radical (unpaired) electrons. The predicted molar refractivity (Wildman–Crippen MR) is 59.6 cm³/mol. The molecule has 0 saturated carbocycles. The van der Waals surface area contributed by atoms with Gasteiger partial charge in [-0.25, -0.2) is 0 Å².